The number of nitrogens with one attached hydrogen (secondary N) is 2. The maximum atomic E-state index is 14.2. The molecular weight excluding hydrogens is 494 g/mol. The van der Waals surface area contributed by atoms with Gasteiger partial charge in [0.1, 0.15) is 17.7 Å². The van der Waals surface area contributed by atoms with Crippen molar-refractivity contribution in [3.05, 3.63) is 70.8 Å². The lowest BCUT2D eigenvalue weighted by Crippen LogP contribution is -2.54. The molecule has 0 radical (unpaired) electrons. The van der Waals surface area contributed by atoms with Crippen molar-refractivity contribution in [1.29, 1.82) is 0 Å². The molecule has 2 aromatic rings. The van der Waals surface area contributed by atoms with Crippen molar-refractivity contribution < 1.29 is 24.2 Å². The van der Waals surface area contributed by atoms with E-state index < -0.39 is 29.7 Å². The minimum atomic E-state index is -1.02. The van der Waals surface area contributed by atoms with Crippen molar-refractivity contribution in [3.63, 3.8) is 0 Å². The van der Waals surface area contributed by atoms with E-state index in [-0.39, 0.29) is 25.5 Å². The van der Waals surface area contributed by atoms with Gasteiger partial charge in [0.25, 0.3) is 0 Å². The number of ether oxygens (including phenoxy) is 1. The van der Waals surface area contributed by atoms with E-state index >= 15 is 0 Å². The highest BCUT2D eigenvalue weighted by atomic mass is 16.6. The molecule has 0 bridgehead atoms. The van der Waals surface area contributed by atoms with E-state index in [2.05, 4.69) is 17.6 Å². The van der Waals surface area contributed by atoms with Gasteiger partial charge in [0.2, 0.25) is 11.8 Å². The van der Waals surface area contributed by atoms with E-state index in [1.165, 1.54) is 4.90 Å². The van der Waals surface area contributed by atoms with Gasteiger partial charge in [0.05, 0.1) is 6.61 Å². The number of aliphatic hydroxyl groups excluding tert-OH is 1. The molecule has 2 atom stereocenters. The third-order valence-electron chi connectivity index (χ3n) is 6.26. The van der Waals surface area contributed by atoms with E-state index in [1.54, 1.807) is 20.8 Å². The number of alkyl carbamates (subject to hydrolysis) is 1. The Morgan fingerprint density at radius 1 is 1.03 bits per heavy atom. The largest absolute Gasteiger partial charge is 0.444 e. The monoisotopic (exact) mass is 539 g/mol. The number of hydrogen-bond donors (Lipinski definition) is 3. The first kappa shape index (κ1) is 31.8. The molecule has 39 heavy (non-hydrogen) atoms. The maximum Gasteiger partial charge on any atom is 0.408 e. The molecule has 0 saturated heterocycles. The number of amides is 3. The molecule has 214 valence electrons. The fraction of sp³-hybridized carbons (Fsp3) is 0.516. The standard InChI is InChI=1S/C31H45N3O5/c1-7-8-12-17-32-28(36)27(25-16-15-22(2)20-23(25)3)34(18-19-35)29(37)26(21-24-13-10-9-11-14-24)33-30(38)39-31(4,5)6/h9-11,13-16,20,26-27,35H,7-8,12,17-19,21H2,1-6H3,(H,32,36)(H,33,38). The Bertz CT molecular complexity index is 1080. The minimum Gasteiger partial charge on any atom is -0.444 e. The van der Waals surface area contributed by atoms with Crippen LogP contribution in [0.5, 0.6) is 0 Å². The summed E-state index contributed by atoms with van der Waals surface area (Å²) in [5.74, 6) is -0.803. The first-order valence-corrected chi connectivity index (χ1v) is 13.8. The number of carbonyl (C=O) groups excluding carboxylic acids is 3. The maximum absolute atomic E-state index is 14.2. The van der Waals surface area contributed by atoms with Crippen molar-refractivity contribution >= 4 is 17.9 Å². The highest BCUT2D eigenvalue weighted by molar-refractivity contribution is 5.92. The number of aliphatic hydroxyl groups is 1. The molecule has 8 nitrogen and oxygen atoms in total. The van der Waals surface area contributed by atoms with Crippen molar-refractivity contribution in [2.45, 2.75) is 84.9 Å². The van der Waals surface area contributed by atoms with Gasteiger partial charge in [-0.15, -0.1) is 0 Å². The number of benzene rings is 2. The fourth-order valence-electron chi connectivity index (χ4n) is 4.44. The Hall–Kier alpha value is -3.39. The number of unbranched alkanes of at least 4 members (excludes halogenated alkanes) is 2. The molecule has 8 heteroatoms. The summed E-state index contributed by atoms with van der Waals surface area (Å²) in [5, 5.41) is 15.7. The van der Waals surface area contributed by atoms with Crippen LogP contribution in [0.2, 0.25) is 0 Å². The summed E-state index contributed by atoms with van der Waals surface area (Å²) in [5.41, 5.74) is 2.65. The highest BCUT2D eigenvalue weighted by Gasteiger charge is 2.36. The van der Waals surface area contributed by atoms with Crippen LogP contribution < -0.4 is 10.6 Å². The van der Waals surface area contributed by atoms with Gasteiger partial charge < -0.3 is 25.4 Å². The zero-order valence-electron chi connectivity index (χ0n) is 24.3. The summed E-state index contributed by atoms with van der Waals surface area (Å²) in [4.78, 5) is 42.0. The molecule has 2 aromatic carbocycles. The van der Waals surface area contributed by atoms with Gasteiger partial charge in [-0.05, 0) is 57.7 Å². The number of nitrogens with zero attached hydrogens (tertiary/aromatic N) is 1. The van der Waals surface area contributed by atoms with E-state index in [0.29, 0.717) is 12.1 Å². The van der Waals surface area contributed by atoms with Crippen LogP contribution in [0.25, 0.3) is 0 Å². The van der Waals surface area contributed by atoms with Gasteiger partial charge in [-0.25, -0.2) is 4.79 Å². The Balaban J connectivity index is 2.50. The molecule has 3 N–H and O–H groups in total. The average molecular weight is 540 g/mol. The molecule has 0 saturated carbocycles. The van der Waals surface area contributed by atoms with Crippen molar-refractivity contribution in [3.8, 4) is 0 Å². The molecule has 0 aromatic heterocycles. The Labute approximate surface area is 233 Å². The smallest absolute Gasteiger partial charge is 0.408 e. The molecule has 0 aliphatic heterocycles. The molecule has 0 spiro atoms. The number of rotatable bonds is 13. The lowest BCUT2D eigenvalue weighted by molar-refractivity contribution is -0.143. The molecular formula is C31H45N3O5. The molecule has 3 amide bonds. The van der Waals surface area contributed by atoms with Gasteiger partial charge in [-0.2, -0.15) is 0 Å². The quantitative estimate of drug-likeness (QED) is 0.322. The van der Waals surface area contributed by atoms with Crippen LogP contribution in [0.15, 0.2) is 48.5 Å². The second-order valence-electron chi connectivity index (χ2n) is 10.9. The SMILES string of the molecule is CCCCCNC(=O)C(c1ccc(C)cc1C)N(CCO)C(=O)C(Cc1ccccc1)NC(=O)OC(C)(C)C. The summed E-state index contributed by atoms with van der Waals surface area (Å²) >= 11 is 0. The topological polar surface area (TPSA) is 108 Å². The van der Waals surface area contributed by atoms with Crippen molar-refractivity contribution in [2.24, 2.45) is 0 Å². The Kier molecular flexibility index (Phi) is 12.5. The van der Waals surface area contributed by atoms with Crippen LogP contribution in [0.1, 0.15) is 75.3 Å². The normalized spacial score (nSPS) is 12.8. The number of hydrogen-bond acceptors (Lipinski definition) is 5. The molecule has 0 aliphatic carbocycles. The predicted octanol–water partition coefficient (Wildman–Crippen LogP) is 4.61. The average Bonchev–Trinajstić information content (AvgIpc) is 2.86. The number of aryl methyl sites for hydroxylation is 2. The van der Waals surface area contributed by atoms with Gasteiger partial charge in [0, 0.05) is 19.5 Å². The van der Waals surface area contributed by atoms with Crippen LogP contribution in [-0.2, 0) is 20.7 Å². The summed E-state index contributed by atoms with van der Waals surface area (Å²) in [6, 6.07) is 13.1. The predicted molar refractivity (Wildman–Crippen MR) is 153 cm³/mol. The Morgan fingerprint density at radius 2 is 1.72 bits per heavy atom. The summed E-state index contributed by atoms with van der Waals surface area (Å²) in [7, 11) is 0. The highest BCUT2D eigenvalue weighted by Crippen LogP contribution is 2.27. The van der Waals surface area contributed by atoms with Crippen LogP contribution in [-0.4, -0.2) is 59.3 Å². The Morgan fingerprint density at radius 3 is 2.31 bits per heavy atom. The summed E-state index contributed by atoms with van der Waals surface area (Å²) in [6.45, 7) is 11.3. The van der Waals surface area contributed by atoms with Crippen molar-refractivity contribution in [1.82, 2.24) is 15.5 Å². The van der Waals surface area contributed by atoms with Gasteiger partial charge >= 0.3 is 6.09 Å². The second-order valence-corrected chi connectivity index (χ2v) is 10.9. The molecule has 0 heterocycles. The zero-order chi connectivity index (χ0) is 29.0. The van der Waals surface area contributed by atoms with Crippen LogP contribution in [0.4, 0.5) is 4.79 Å². The number of carbonyl (C=O) groups is 3. The van der Waals surface area contributed by atoms with E-state index in [4.69, 9.17) is 4.74 Å². The van der Waals surface area contributed by atoms with E-state index in [1.807, 2.05) is 62.4 Å². The lowest BCUT2D eigenvalue weighted by atomic mass is 9.95. The minimum absolute atomic E-state index is 0.0829. The molecule has 0 fully saturated rings. The van der Waals surface area contributed by atoms with Crippen LogP contribution in [0.3, 0.4) is 0 Å². The first-order chi connectivity index (χ1) is 18.5. The van der Waals surface area contributed by atoms with Crippen LogP contribution in [0, 0.1) is 13.8 Å². The van der Waals surface area contributed by atoms with Crippen molar-refractivity contribution in [2.75, 3.05) is 19.7 Å². The zero-order valence-corrected chi connectivity index (χ0v) is 24.3. The van der Waals surface area contributed by atoms with Gasteiger partial charge in [-0.1, -0.05) is 73.9 Å². The molecule has 2 rings (SSSR count). The third kappa shape index (κ3) is 10.4. The second kappa shape index (κ2) is 15.3. The van der Waals surface area contributed by atoms with Crippen LogP contribution >= 0.6 is 0 Å². The third-order valence-corrected chi connectivity index (χ3v) is 6.26. The summed E-state index contributed by atoms with van der Waals surface area (Å²) < 4.78 is 5.45. The summed E-state index contributed by atoms with van der Waals surface area (Å²) in [6.07, 6.45) is 2.29. The fourth-order valence-corrected chi connectivity index (χ4v) is 4.44. The van der Waals surface area contributed by atoms with E-state index in [9.17, 15) is 19.5 Å². The van der Waals surface area contributed by atoms with Gasteiger partial charge in [0.15, 0.2) is 0 Å². The van der Waals surface area contributed by atoms with E-state index in [0.717, 1.165) is 36.0 Å². The first-order valence-electron chi connectivity index (χ1n) is 13.8. The molecule has 0 aliphatic rings. The van der Waals surface area contributed by atoms with Gasteiger partial charge in [-0.3, -0.25) is 9.59 Å². The lowest BCUT2D eigenvalue weighted by Gasteiger charge is -2.35. The molecule has 2 unspecified atom stereocenters.